The SMILES string of the molecule is COc1cc(OC)cc(-c2nc(NC(=O)c3nn[nH]n3)cs2)c1. The molecule has 2 heterocycles. The number of hydrogen-bond acceptors (Lipinski definition) is 8. The van der Waals surface area contributed by atoms with Gasteiger partial charge in [0.05, 0.1) is 14.2 Å². The van der Waals surface area contributed by atoms with E-state index in [1.807, 2.05) is 12.1 Å². The highest BCUT2D eigenvalue weighted by atomic mass is 32.1. The molecule has 10 heteroatoms. The molecule has 2 aromatic heterocycles. The highest BCUT2D eigenvalue weighted by Gasteiger charge is 2.14. The molecule has 0 saturated carbocycles. The average molecular weight is 332 g/mol. The van der Waals surface area contributed by atoms with E-state index in [2.05, 4.69) is 30.9 Å². The Morgan fingerprint density at radius 1 is 1.22 bits per heavy atom. The van der Waals surface area contributed by atoms with Gasteiger partial charge in [-0.15, -0.1) is 21.5 Å². The number of rotatable bonds is 5. The van der Waals surface area contributed by atoms with E-state index in [0.717, 1.165) is 5.56 Å². The van der Waals surface area contributed by atoms with E-state index < -0.39 is 5.91 Å². The lowest BCUT2D eigenvalue weighted by Crippen LogP contribution is -2.14. The van der Waals surface area contributed by atoms with Gasteiger partial charge in [-0.25, -0.2) is 4.98 Å². The number of nitrogens with zero attached hydrogens (tertiary/aromatic N) is 4. The van der Waals surface area contributed by atoms with E-state index >= 15 is 0 Å². The van der Waals surface area contributed by atoms with Crippen LogP contribution in [0, 0.1) is 0 Å². The zero-order chi connectivity index (χ0) is 16.2. The summed E-state index contributed by atoms with van der Waals surface area (Å²) in [6.45, 7) is 0. The van der Waals surface area contributed by atoms with Gasteiger partial charge < -0.3 is 14.8 Å². The van der Waals surface area contributed by atoms with Crippen LogP contribution in [0.5, 0.6) is 11.5 Å². The normalized spacial score (nSPS) is 10.3. The van der Waals surface area contributed by atoms with Crippen LogP contribution in [0.3, 0.4) is 0 Å². The first-order chi connectivity index (χ1) is 11.2. The molecule has 0 spiro atoms. The van der Waals surface area contributed by atoms with Crippen LogP contribution in [0.4, 0.5) is 5.82 Å². The number of methoxy groups -OCH3 is 2. The molecule has 3 rings (SSSR count). The number of nitrogens with one attached hydrogen (secondary N) is 2. The third-order valence-electron chi connectivity index (χ3n) is 2.89. The molecule has 0 fully saturated rings. The Kier molecular flexibility index (Phi) is 4.15. The molecule has 3 aromatic rings. The molecule has 1 aromatic carbocycles. The zero-order valence-electron chi connectivity index (χ0n) is 12.2. The van der Waals surface area contributed by atoms with Crippen molar-refractivity contribution >= 4 is 23.1 Å². The Morgan fingerprint density at radius 3 is 2.57 bits per heavy atom. The summed E-state index contributed by atoms with van der Waals surface area (Å²) in [6.07, 6.45) is 0. The van der Waals surface area contributed by atoms with Crippen LogP contribution < -0.4 is 14.8 Å². The number of tetrazole rings is 1. The first-order valence-corrected chi connectivity index (χ1v) is 7.31. The standard InChI is InChI=1S/C13H12N6O3S/c1-21-8-3-7(4-9(5-8)22-2)13-15-10(6-23-13)14-12(20)11-16-18-19-17-11/h3-6H,1-2H3,(H,14,20)(H,16,17,18,19). The fourth-order valence-corrected chi connectivity index (χ4v) is 2.56. The lowest BCUT2D eigenvalue weighted by molar-refractivity contribution is 0.101. The molecule has 1 amide bonds. The van der Waals surface area contributed by atoms with E-state index in [1.165, 1.54) is 11.3 Å². The molecular weight excluding hydrogens is 320 g/mol. The second-order valence-corrected chi connectivity index (χ2v) is 5.19. The van der Waals surface area contributed by atoms with E-state index in [9.17, 15) is 4.79 Å². The molecule has 0 unspecified atom stereocenters. The highest BCUT2D eigenvalue weighted by Crippen LogP contribution is 2.32. The summed E-state index contributed by atoms with van der Waals surface area (Å²) in [4.78, 5) is 16.2. The average Bonchev–Trinajstić information content (AvgIpc) is 3.26. The Bertz CT molecular complexity index is 795. The van der Waals surface area contributed by atoms with Crippen molar-refractivity contribution in [2.24, 2.45) is 0 Å². The number of benzene rings is 1. The van der Waals surface area contributed by atoms with E-state index in [1.54, 1.807) is 25.7 Å². The van der Waals surface area contributed by atoms with Gasteiger partial charge in [0.2, 0.25) is 0 Å². The lowest BCUT2D eigenvalue weighted by atomic mass is 10.2. The van der Waals surface area contributed by atoms with Crippen molar-refractivity contribution in [3.63, 3.8) is 0 Å². The molecule has 0 aliphatic rings. The monoisotopic (exact) mass is 332 g/mol. The van der Waals surface area contributed by atoms with Gasteiger partial charge in [-0.05, 0) is 17.3 Å². The second-order valence-electron chi connectivity index (χ2n) is 4.33. The van der Waals surface area contributed by atoms with Gasteiger partial charge in [-0.3, -0.25) is 4.79 Å². The predicted molar refractivity (Wildman–Crippen MR) is 82.8 cm³/mol. The molecule has 0 radical (unpaired) electrons. The van der Waals surface area contributed by atoms with Crippen LogP contribution in [0.25, 0.3) is 10.6 Å². The van der Waals surface area contributed by atoms with Crippen LogP contribution in [0.2, 0.25) is 0 Å². The minimum atomic E-state index is -0.487. The Morgan fingerprint density at radius 2 is 1.96 bits per heavy atom. The maximum atomic E-state index is 11.9. The summed E-state index contributed by atoms with van der Waals surface area (Å²) >= 11 is 1.38. The zero-order valence-corrected chi connectivity index (χ0v) is 13.0. The molecule has 23 heavy (non-hydrogen) atoms. The molecule has 9 nitrogen and oxygen atoms in total. The van der Waals surface area contributed by atoms with Crippen molar-refractivity contribution in [2.45, 2.75) is 0 Å². The van der Waals surface area contributed by atoms with Crippen molar-refractivity contribution in [2.75, 3.05) is 19.5 Å². The van der Waals surface area contributed by atoms with Crippen LogP contribution in [0.1, 0.15) is 10.6 Å². The van der Waals surface area contributed by atoms with Gasteiger partial charge >= 0.3 is 0 Å². The molecule has 0 saturated heterocycles. The number of H-pyrrole nitrogens is 1. The summed E-state index contributed by atoms with van der Waals surface area (Å²) in [5.41, 5.74) is 0.825. The Labute approximate surface area is 134 Å². The van der Waals surface area contributed by atoms with Crippen LogP contribution >= 0.6 is 11.3 Å². The fourth-order valence-electron chi connectivity index (χ4n) is 1.82. The topological polar surface area (TPSA) is 115 Å². The van der Waals surface area contributed by atoms with Gasteiger partial charge in [-0.2, -0.15) is 5.21 Å². The van der Waals surface area contributed by atoms with E-state index in [4.69, 9.17) is 9.47 Å². The Balaban J connectivity index is 1.83. The molecule has 118 valence electrons. The smallest absolute Gasteiger partial charge is 0.298 e. The third kappa shape index (κ3) is 3.26. The molecule has 0 bridgehead atoms. The quantitative estimate of drug-likeness (QED) is 0.729. The Hall–Kier alpha value is -3.01. The number of hydrogen-bond donors (Lipinski definition) is 2. The predicted octanol–water partition coefficient (Wildman–Crippen LogP) is 1.59. The summed E-state index contributed by atoms with van der Waals surface area (Å²) in [5, 5.41) is 17.8. The fraction of sp³-hybridized carbons (Fsp3) is 0.154. The summed E-state index contributed by atoms with van der Waals surface area (Å²) < 4.78 is 10.5. The van der Waals surface area contributed by atoms with Gasteiger partial charge in [0.15, 0.2) is 0 Å². The van der Waals surface area contributed by atoms with Gasteiger partial charge in [0.1, 0.15) is 22.3 Å². The van der Waals surface area contributed by atoms with Crippen molar-refractivity contribution < 1.29 is 14.3 Å². The number of carbonyl (C=O) groups excluding carboxylic acids is 1. The van der Waals surface area contributed by atoms with Crippen LogP contribution in [-0.4, -0.2) is 45.7 Å². The largest absolute Gasteiger partial charge is 0.497 e. The molecule has 2 N–H and O–H groups in total. The number of aromatic amines is 1. The first kappa shape index (κ1) is 14.9. The van der Waals surface area contributed by atoms with Crippen molar-refractivity contribution in [1.82, 2.24) is 25.6 Å². The molecule has 0 aliphatic heterocycles. The minimum absolute atomic E-state index is 0.0531. The molecule has 0 atom stereocenters. The summed E-state index contributed by atoms with van der Waals surface area (Å²) in [6, 6.07) is 5.45. The van der Waals surface area contributed by atoms with Crippen molar-refractivity contribution in [3.05, 3.63) is 29.4 Å². The van der Waals surface area contributed by atoms with E-state index in [0.29, 0.717) is 22.3 Å². The highest BCUT2D eigenvalue weighted by molar-refractivity contribution is 7.13. The van der Waals surface area contributed by atoms with Crippen molar-refractivity contribution in [3.8, 4) is 22.1 Å². The number of thiazole rings is 1. The number of ether oxygens (including phenoxy) is 2. The maximum Gasteiger partial charge on any atom is 0.298 e. The maximum absolute atomic E-state index is 11.9. The van der Waals surface area contributed by atoms with Crippen LogP contribution in [-0.2, 0) is 0 Å². The van der Waals surface area contributed by atoms with Gasteiger partial charge in [0.25, 0.3) is 11.7 Å². The first-order valence-electron chi connectivity index (χ1n) is 6.43. The number of aromatic nitrogens is 5. The summed E-state index contributed by atoms with van der Waals surface area (Å²) in [7, 11) is 3.16. The van der Waals surface area contributed by atoms with Gasteiger partial charge in [-0.1, -0.05) is 0 Å². The molecule has 0 aliphatic carbocycles. The molecular formula is C13H12N6O3S. The van der Waals surface area contributed by atoms with E-state index in [-0.39, 0.29) is 5.82 Å². The number of anilines is 1. The summed E-state index contributed by atoms with van der Waals surface area (Å²) in [5.74, 6) is 1.18. The lowest BCUT2D eigenvalue weighted by Gasteiger charge is -2.06. The number of amides is 1. The van der Waals surface area contributed by atoms with Crippen molar-refractivity contribution in [1.29, 1.82) is 0 Å². The van der Waals surface area contributed by atoms with Gasteiger partial charge in [0, 0.05) is 17.0 Å². The minimum Gasteiger partial charge on any atom is -0.497 e. The number of carbonyl (C=O) groups is 1. The third-order valence-corrected chi connectivity index (χ3v) is 3.78. The second kappa shape index (κ2) is 6.40. The van der Waals surface area contributed by atoms with Crippen LogP contribution in [0.15, 0.2) is 23.6 Å².